The number of nitrogens with zero attached hydrogens (tertiary/aromatic N) is 1. The molecule has 0 spiro atoms. The summed E-state index contributed by atoms with van der Waals surface area (Å²) < 4.78 is 0. The van der Waals surface area contributed by atoms with E-state index in [0.717, 1.165) is 16.9 Å². The molecule has 2 atom stereocenters. The molecule has 0 radical (unpaired) electrons. The average Bonchev–Trinajstić information content (AvgIpc) is 3.03. The fourth-order valence-electron chi connectivity index (χ4n) is 2.31. The maximum atomic E-state index is 12.5. The Kier molecular flexibility index (Phi) is 5.44. The number of hydrogen-bond acceptors (Lipinski definition) is 3. The molecule has 0 saturated heterocycles. The molecule has 0 bridgehead atoms. The number of carbonyl (C=O) groups excluding carboxylic acids is 1. The molecule has 122 valence electrons. The lowest BCUT2D eigenvalue weighted by Gasteiger charge is -2.30. The smallest absolute Gasteiger partial charge is 0.345 e. The number of likely N-dealkylation sites (N-methyl/N-ethyl adjacent to an activating group) is 1. The van der Waals surface area contributed by atoms with E-state index < -0.39 is 5.97 Å². The van der Waals surface area contributed by atoms with Crippen LogP contribution in [0.3, 0.4) is 0 Å². The van der Waals surface area contributed by atoms with Crippen LogP contribution in [0.2, 0.25) is 5.02 Å². The molecule has 0 aliphatic rings. The predicted octanol–water partition coefficient (Wildman–Crippen LogP) is 4.36. The van der Waals surface area contributed by atoms with Gasteiger partial charge in [-0.2, -0.15) is 0 Å². The topological polar surface area (TPSA) is 57.6 Å². The van der Waals surface area contributed by atoms with Crippen LogP contribution < -0.4 is 0 Å². The van der Waals surface area contributed by atoms with E-state index in [1.807, 2.05) is 31.2 Å². The standard InChI is InChI=1S/C17H18ClNO3S/c1-10(12-4-6-13(18)7-5-12)11(2)19(3)16(20)14-8-9-15(23-14)17(21)22/h4-11H,1-3H3,(H,21,22). The fraction of sp³-hybridized carbons (Fsp3) is 0.294. The first-order valence-corrected chi connectivity index (χ1v) is 8.36. The van der Waals surface area contributed by atoms with Crippen molar-refractivity contribution < 1.29 is 14.7 Å². The maximum absolute atomic E-state index is 12.5. The number of carboxylic acid groups (broad SMARTS) is 1. The highest BCUT2D eigenvalue weighted by atomic mass is 35.5. The van der Waals surface area contributed by atoms with E-state index in [4.69, 9.17) is 16.7 Å². The Morgan fingerprint density at radius 2 is 1.65 bits per heavy atom. The fourth-order valence-corrected chi connectivity index (χ4v) is 3.26. The summed E-state index contributed by atoms with van der Waals surface area (Å²) in [6.45, 7) is 4.03. The van der Waals surface area contributed by atoms with Crippen LogP contribution in [0.5, 0.6) is 0 Å². The Morgan fingerprint density at radius 1 is 1.09 bits per heavy atom. The van der Waals surface area contributed by atoms with Gasteiger partial charge in [-0.25, -0.2) is 4.79 Å². The Hall–Kier alpha value is -1.85. The first-order valence-electron chi connectivity index (χ1n) is 7.17. The average molecular weight is 352 g/mol. The van der Waals surface area contributed by atoms with Gasteiger partial charge in [0, 0.05) is 24.0 Å². The molecule has 2 aromatic rings. The molecule has 1 N–H and O–H groups in total. The van der Waals surface area contributed by atoms with Crippen molar-refractivity contribution in [3.05, 3.63) is 56.7 Å². The third-order valence-electron chi connectivity index (χ3n) is 4.08. The van der Waals surface area contributed by atoms with E-state index in [9.17, 15) is 9.59 Å². The molecule has 1 heterocycles. The Bertz CT molecular complexity index is 711. The van der Waals surface area contributed by atoms with Crippen molar-refractivity contribution in [2.45, 2.75) is 25.8 Å². The van der Waals surface area contributed by atoms with Gasteiger partial charge < -0.3 is 10.0 Å². The number of carbonyl (C=O) groups is 2. The highest BCUT2D eigenvalue weighted by Crippen LogP contribution is 2.26. The summed E-state index contributed by atoms with van der Waals surface area (Å²) in [4.78, 5) is 25.7. The maximum Gasteiger partial charge on any atom is 0.345 e. The third kappa shape index (κ3) is 3.92. The summed E-state index contributed by atoms with van der Waals surface area (Å²) in [6.07, 6.45) is 0. The van der Waals surface area contributed by atoms with Gasteiger partial charge in [0.05, 0.1) is 4.88 Å². The van der Waals surface area contributed by atoms with E-state index in [0.29, 0.717) is 9.90 Å². The van der Waals surface area contributed by atoms with Crippen LogP contribution in [0.15, 0.2) is 36.4 Å². The second kappa shape index (κ2) is 7.15. The minimum atomic E-state index is -1.01. The number of halogens is 1. The number of amides is 1. The van der Waals surface area contributed by atoms with Gasteiger partial charge in [0.2, 0.25) is 0 Å². The van der Waals surface area contributed by atoms with Crippen molar-refractivity contribution in [2.75, 3.05) is 7.05 Å². The van der Waals surface area contributed by atoms with Crippen LogP contribution in [-0.2, 0) is 0 Å². The zero-order valence-electron chi connectivity index (χ0n) is 13.1. The monoisotopic (exact) mass is 351 g/mol. The van der Waals surface area contributed by atoms with Crippen molar-refractivity contribution >= 4 is 34.8 Å². The molecule has 0 fully saturated rings. The Morgan fingerprint density at radius 3 is 2.17 bits per heavy atom. The molecule has 4 nitrogen and oxygen atoms in total. The van der Waals surface area contributed by atoms with Gasteiger partial charge in [0.1, 0.15) is 4.88 Å². The molecule has 23 heavy (non-hydrogen) atoms. The number of carboxylic acids is 1. The quantitative estimate of drug-likeness (QED) is 0.870. The SMILES string of the molecule is CC(c1ccc(Cl)cc1)C(C)N(C)C(=O)c1ccc(C(=O)O)s1. The highest BCUT2D eigenvalue weighted by Gasteiger charge is 2.25. The molecule has 1 aromatic carbocycles. The summed E-state index contributed by atoms with van der Waals surface area (Å²) in [5.41, 5.74) is 1.10. The van der Waals surface area contributed by atoms with Gasteiger partial charge in [-0.1, -0.05) is 30.7 Å². The van der Waals surface area contributed by atoms with Crippen molar-refractivity contribution in [2.24, 2.45) is 0 Å². The minimum absolute atomic E-state index is 0.0425. The van der Waals surface area contributed by atoms with E-state index in [1.54, 1.807) is 18.0 Å². The lowest BCUT2D eigenvalue weighted by atomic mass is 9.93. The Balaban J connectivity index is 2.14. The van der Waals surface area contributed by atoms with Crippen LogP contribution in [-0.4, -0.2) is 35.0 Å². The molecule has 0 aliphatic carbocycles. The summed E-state index contributed by atoms with van der Waals surface area (Å²) in [6, 6.07) is 10.6. The molecular weight excluding hydrogens is 334 g/mol. The first kappa shape index (κ1) is 17.5. The van der Waals surface area contributed by atoms with E-state index in [-0.39, 0.29) is 22.7 Å². The summed E-state index contributed by atoms with van der Waals surface area (Å²) in [7, 11) is 1.74. The van der Waals surface area contributed by atoms with Crippen molar-refractivity contribution in [3.63, 3.8) is 0 Å². The number of hydrogen-bond donors (Lipinski definition) is 1. The van der Waals surface area contributed by atoms with Crippen molar-refractivity contribution in [3.8, 4) is 0 Å². The summed E-state index contributed by atoms with van der Waals surface area (Å²) >= 11 is 6.90. The molecule has 2 rings (SSSR count). The Labute approximate surface area is 144 Å². The minimum Gasteiger partial charge on any atom is -0.477 e. The van der Waals surface area contributed by atoms with Gasteiger partial charge in [0.25, 0.3) is 5.91 Å². The van der Waals surface area contributed by atoms with E-state index >= 15 is 0 Å². The predicted molar refractivity (Wildman–Crippen MR) is 92.7 cm³/mol. The number of thiophene rings is 1. The number of benzene rings is 1. The second-order valence-electron chi connectivity index (χ2n) is 5.47. The lowest BCUT2D eigenvalue weighted by molar-refractivity contribution is 0.0700. The highest BCUT2D eigenvalue weighted by molar-refractivity contribution is 7.15. The van der Waals surface area contributed by atoms with E-state index in [2.05, 4.69) is 6.92 Å². The lowest BCUT2D eigenvalue weighted by Crippen LogP contribution is -2.37. The van der Waals surface area contributed by atoms with E-state index in [1.165, 1.54) is 6.07 Å². The van der Waals surface area contributed by atoms with Crippen LogP contribution in [0.1, 0.15) is 44.7 Å². The van der Waals surface area contributed by atoms with Gasteiger partial charge in [0.15, 0.2) is 0 Å². The first-order chi connectivity index (χ1) is 10.8. The molecule has 0 aliphatic heterocycles. The van der Waals surface area contributed by atoms with Crippen molar-refractivity contribution in [1.82, 2.24) is 4.90 Å². The van der Waals surface area contributed by atoms with Gasteiger partial charge in [-0.15, -0.1) is 11.3 Å². The molecule has 1 amide bonds. The summed E-state index contributed by atoms with van der Waals surface area (Å²) in [5, 5.41) is 9.64. The van der Waals surface area contributed by atoms with Crippen LogP contribution in [0, 0.1) is 0 Å². The van der Waals surface area contributed by atoms with Gasteiger partial charge >= 0.3 is 5.97 Å². The molecule has 2 unspecified atom stereocenters. The molecule has 6 heteroatoms. The van der Waals surface area contributed by atoms with Gasteiger partial charge in [-0.3, -0.25) is 4.79 Å². The van der Waals surface area contributed by atoms with Crippen LogP contribution in [0.4, 0.5) is 0 Å². The molecule has 0 saturated carbocycles. The van der Waals surface area contributed by atoms with Crippen molar-refractivity contribution in [1.29, 1.82) is 0 Å². The summed E-state index contributed by atoms with van der Waals surface area (Å²) in [5.74, 6) is -1.06. The molecule has 1 aromatic heterocycles. The van der Waals surface area contributed by atoms with Gasteiger partial charge in [-0.05, 0) is 36.8 Å². The molecular formula is C17H18ClNO3S. The van der Waals surface area contributed by atoms with Crippen LogP contribution >= 0.6 is 22.9 Å². The number of aromatic carboxylic acids is 1. The zero-order chi connectivity index (χ0) is 17.1. The zero-order valence-corrected chi connectivity index (χ0v) is 14.7. The largest absolute Gasteiger partial charge is 0.477 e. The number of rotatable bonds is 5. The third-order valence-corrected chi connectivity index (χ3v) is 5.39. The normalized spacial score (nSPS) is 13.4. The second-order valence-corrected chi connectivity index (χ2v) is 6.99. The van der Waals surface area contributed by atoms with Crippen LogP contribution in [0.25, 0.3) is 0 Å².